The monoisotopic (exact) mass is 166 g/mol. The van der Waals surface area contributed by atoms with E-state index in [4.69, 9.17) is 0 Å². The largest absolute Gasteiger partial charge is 0.351 e. The zero-order chi connectivity index (χ0) is 9.07. The molecule has 0 aromatic rings. The zero-order valence-electron chi connectivity index (χ0n) is 5.86. The fourth-order valence-corrected chi connectivity index (χ4v) is 0.464. The van der Waals surface area contributed by atoms with Crippen molar-refractivity contribution >= 4 is 11.9 Å². The summed E-state index contributed by atoms with van der Waals surface area (Å²) in [5, 5.41) is 1.52. The Bertz CT molecular complexity index is 176. The van der Waals surface area contributed by atoms with Crippen molar-refractivity contribution in [3.05, 3.63) is 0 Å². The quantitative estimate of drug-likeness (QED) is 0.616. The molecule has 0 rings (SSSR count). The van der Waals surface area contributed by atoms with E-state index in [2.05, 4.69) is 5.73 Å². The molecule has 0 atom stereocenters. The molecule has 3 N–H and O–H groups in total. The van der Waals surface area contributed by atoms with E-state index in [0.717, 1.165) is 0 Å². The standard InChI is InChI=1S/C5H8F2N2O2/c1-5(6,7)2-3(10)9-4(8)11/h2H2,1H3,(H3,8,9,10,11). The van der Waals surface area contributed by atoms with Crippen LogP contribution < -0.4 is 11.1 Å². The van der Waals surface area contributed by atoms with Gasteiger partial charge in [0, 0.05) is 0 Å². The van der Waals surface area contributed by atoms with Gasteiger partial charge in [-0.15, -0.1) is 0 Å². The Labute approximate surface area is 61.7 Å². The van der Waals surface area contributed by atoms with Crippen LogP contribution >= 0.6 is 0 Å². The van der Waals surface area contributed by atoms with Crippen LogP contribution in [0.15, 0.2) is 0 Å². The van der Waals surface area contributed by atoms with Crippen molar-refractivity contribution in [1.29, 1.82) is 0 Å². The number of rotatable bonds is 2. The molecule has 0 saturated carbocycles. The molecule has 0 heterocycles. The molecule has 4 nitrogen and oxygen atoms in total. The lowest BCUT2D eigenvalue weighted by Crippen LogP contribution is -2.37. The van der Waals surface area contributed by atoms with Crippen LogP contribution in [0.2, 0.25) is 0 Å². The molecule has 0 radical (unpaired) electrons. The maximum Gasteiger partial charge on any atom is 0.318 e. The molecule has 0 fully saturated rings. The molecule has 11 heavy (non-hydrogen) atoms. The van der Waals surface area contributed by atoms with Gasteiger partial charge in [0.2, 0.25) is 5.91 Å². The van der Waals surface area contributed by atoms with Crippen molar-refractivity contribution in [3.63, 3.8) is 0 Å². The molecule has 0 aliphatic heterocycles. The Kier molecular flexibility index (Phi) is 2.91. The summed E-state index contributed by atoms with van der Waals surface area (Å²) in [4.78, 5) is 20.3. The van der Waals surface area contributed by atoms with Gasteiger partial charge in [-0.1, -0.05) is 0 Å². The third kappa shape index (κ3) is 6.69. The molecular formula is C5H8F2N2O2. The van der Waals surface area contributed by atoms with E-state index < -0.39 is 24.3 Å². The van der Waals surface area contributed by atoms with Gasteiger partial charge < -0.3 is 5.73 Å². The van der Waals surface area contributed by atoms with Crippen LogP contribution in [0.5, 0.6) is 0 Å². The van der Waals surface area contributed by atoms with Crippen molar-refractivity contribution in [1.82, 2.24) is 5.32 Å². The minimum absolute atomic E-state index is 0.577. The molecule has 64 valence electrons. The van der Waals surface area contributed by atoms with Crippen LogP contribution in [0.25, 0.3) is 0 Å². The number of halogens is 2. The summed E-state index contributed by atoms with van der Waals surface area (Å²) in [6, 6.07) is -1.13. The Morgan fingerprint density at radius 3 is 2.27 bits per heavy atom. The molecular weight excluding hydrogens is 158 g/mol. The highest BCUT2D eigenvalue weighted by Crippen LogP contribution is 2.15. The van der Waals surface area contributed by atoms with Crippen molar-refractivity contribution < 1.29 is 18.4 Å². The molecule has 0 unspecified atom stereocenters. The molecule has 0 saturated heterocycles. The number of amides is 3. The number of imide groups is 1. The second-order valence-corrected chi connectivity index (χ2v) is 2.16. The number of carbonyl (C=O) groups is 2. The summed E-state index contributed by atoms with van der Waals surface area (Å²) in [6.45, 7) is 0.577. The van der Waals surface area contributed by atoms with Gasteiger partial charge >= 0.3 is 6.03 Å². The number of nitrogens with two attached hydrogens (primary N) is 1. The van der Waals surface area contributed by atoms with E-state index in [1.807, 2.05) is 0 Å². The van der Waals surface area contributed by atoms with Crippen molar-refractivity contribution in [2.24, 2.45) is 5.73 Å². The number of nitrogens with one attached hydrogen (secondary N) is 1. The van der Waals surface area contributed by atoms with Crippen LogP contribution in [-0.2, 0) is 4.79 Å². The third-order valence-corrected chi connectivity index (χ3v) is 0.734. The SMILES string of the molecule is CC(F)(F)CC(=O)NC(N)=O. The first kappa shape index (κ1) is 9.80. The highest BCUT2D eigenvalue weighted by atomic mass is 19.3. The van der Waals surface area contributed by atoms with Crippen LogP contribution in [0.3, 0.4) is 0 Å². The minimum atomic E-state index is -3.11. The summed E-state index contributed by atoms with van der Waals surface area (Å²) in [5.41, 5.74) is 4.50. The highest BCUT2D eigenvalue weighted by Gasteiger charge is 2.25. The molecule has 0 aromatic carbocycles. The smallest absolute Gasteiger partial charge is 0.318 e. The van der Waals surface area contributed by atoms with Gasteiger partial charge in [0.15, 0.2) is 0 Å². The van der Waals surface area contributed by atoms with Gasteiger partial charge in [0.1, 0.15) is 0 Å². The zero-order valence-corrected chi connectivity index (χ0v) is 5.86. The Hall–Kier alpha value is -1.20. The third-order valence-electron chi connectivity index (χ3n) is 0.734. The number of hydrogen-bond donors (Lipinski definition) is 2. The van der Waals surface area contributed by atoms with Gasteiger partial charge in [-0.2, -0.15) is 0 Å². The van der Waals surface area contributed by atoms with Crippen molar-refractivity contribution in [3.8, 4) is 0 Å². The first-order valence-electron chi connectivity index (χ1n) is 2.78. The topological polar surface area (TPSA) is 72.2 Å². The van der Waals surface area contributed by atoms with Crippen LogP contribution in [0.4, 0.5) is 13.6 Å². The number of primary amides is 1. The maximum absolute atomic E-state index is 12.0. The van der Waals surface area contributed by atoms with Crippen molar-refractivity contribution in [2.75, 3.05) is 0 Å². The first-order valence-corrected chi connectivity index (χ1v) is 2.78. The molecule has 0 aromatic heterocycles. The fraction of sp³-hybridized carbons (Fsp3) is 0.600. The summed E-state index contributed by atoms with van der Waals surface area (Å²) < 4.78 is 24.0. The summed E-state index contributed by atoms with van der Waals surface area (Å²) >= 11 is 0. The lowest BCUT2D eigenvalue weighted by Gasteiger charge is -2.07. The molecule has 3 amide bonds. The van der Waals surface area contributed by atoms with Crippen LogP contribution in [-0.4, -0.2) is 17.9 Å². The van der Waals surface area contributed by atoms with Crippen LogP contribution in [0, 0.1) is 0 Å². The summed E-state index contributed by atoms with van der Waals surface area (Å²) in [5.74, 6) is -4.19. The average molecular weight is 166 g/mol. The van der Waals surface area contributed by atoms with Gasteiger partial charge in [0.25, 0.3) is 5.92 Å². The van der Waals surface area contributed by atoms with E-state index in [-0.39, 0.29) is 0 Å². The van der Waals surface area contributed by atoms with E-state index in [9.17, 15) is 18.4 Å². The molecule has 0 bridgehead atoms. The Balaban J connectivity index is 3.80. The van der Waals surface area contributed by atoms with E-state index in [0.29, 0.717) is 6.92 Å². The normalized spacial score (nSPS) is 10.8. The number of alkyl halides is 2. The number of hydrogen-bond acceptors (Lipinski definition) is 2. The summed E-state index contributed by atoms with van der Waals surface area (Å²) in [7, 11) is 0. The number of urea groups is 1. The van der Waals surface area contributed by atoms with E-state index in [1.54, 1.807) is 0 Å². The second-order valence-electron chi connectivity index (χ2n) is 2.16. The highest BCUT2D eigenvalue weighted by molar-refractivity contribution is 5.93. The molecule has 0 spiro atoms. The van der Waals surface area contributed by atoms with Gasteiger partial charge in [-0.3, -0.25) is 10.1 Å². The Morgan fingerprint density at radius 2 is 2.00 bits per heavy atom. The van der Waals surface area contributed by atoms with E-state index >= 15 is 0 Å². The molecule has 6 heteroatoms. The van der Waals surface area contributed by atoms with Gasteiger partial charge in [0.05, 0.1) is 6.42 Å². The Morgan fingerprint density at radius 1 is 1.55 bits per heavy atom. The number of carbonyl (C=O) groups excluding carboxylic acids is 2. The minimum Gasteiger partial charge on any atom is -0.351 e. The predicted octanol–water partition coefficient (Wildman–Crippen LogP) is 0.227. The molecule has 0 aliphatic carbocycles. The van der Waals surface area contributed by atoms with Crippen LogP contribution in [0.1, 0.15) is 13.3 Å². The second kappa shape index (κ2) is 3.27. The van der Waals surface area contributed by atoms with Crippen molar-refractivity contribution in [2.45, 2.75) is 19.3 Å². The lowest BCUT2D eigenvalue weighted by molar-refractivity contribution is -0.126. The average Bonchev–Trinajstić information content (AvgIpc) is 1.53. The van der Waals surface area contributed by atoms with E-state index in [1.165, 1.54) is 5.32 Å². The fourth-order valence-electron chi connectivity index (χ4n) is 0.464. The molecule has 0 aliphatic rings. The maximum atomic E-state index is 12.0. The predicted molar refractivity (Wildman–Crippen MR) is 33.0 cm³/mol. The van der Waals surface area contributed by atoms with Gasteiger partial charge in [-0.25, -0.2) is 13.6 Å². The summed E-state index contributed by atoms with van der Waals surface area (Å²) in [6.07, 6.45) is -1.03. The van der Waals surface area contributed by atoms with Gasteiger partial charge in [-0.05, 0) is 6.92 Å². The lowest BCUT2D eigenvalue weighted by atomic mass is 10.2. The first-order chi connectivity index (χ1) is 4.81.